The average Bonchev–Trinajstić information content (AvgIpc) is 3.33. The number of nitrogens with two attached hydrogens (primary N) is 1. The topological polar surface area (TPSA) is 128 Å². The molecule has 0 saturated heterocycles. The maximum Gasteiger partial charge on any atom is 0.333 e. The number of halogens is 4. The van der Waals surface area contributed by atoms with Crippen LogP contribution in [0, 0.1) is 5.82 Å². The minimum Gasteiger partial charge on any atom is -0.386 e. The lowest BCUT2D eigenvalue weighted by Gasteiger charge is -2.44. The van der Waals surface area contributed by atoms with Crippen LogP contribution in [0.2, 0.25) is 5.02 Å². The van der Waals surface area contributed by atoms with Gasteiger partial charge in [-0.1, -0.05) is 11.6 Å². The van der Waals surface area contributed by atoms with Crippen molar-refractivity contribution in [2.75, 3.05) is 11.9 Å². The first-order valence-corrected chi connectivity index (χ1v) is 11.8. The highest BCUT2D eigenvalue weighted by Crippen LogP contribution is 2.47. The Balaban J connectivity index is 1.74. The molecular weight excluding hydrogens is 483 g/mol. The number of aliphatic imine (C=N–C) groups is 1. The number of nitrogens with one attached hydrogen (secondary N) is 1. The highest BCUT2D eigenvalue weighted by molar-refractivity contribution is 7.96. The molecule has 0 radical (unpaired) electrons. The van der Waals surface area contributed by atoms with Crippen molar-refractivity contribution in [3.8, 4) is 0 Å². The number of alkyl halides is 2. The summed E-state index contributed by atoms with van der Waals surface area (Å²) in [6, 6.07) is 2.26. The second-order valence-electron chi connectivity index (χ2n) is 8.42. The van der Waals surface area contributed by atoms with E-state index in [1.165, 1.54) is 6.07 Å². The fourth-order valence-corrected chi connectivity index (χ4v) is 7.51. The van der Waals surface area contributed by atoms with Crippen molar-refractivity contribution in [2.45, 2.75) is 49.3 Å². The molecule has 0 fully saturated rings. The van der Waals surface area contributed by atoms with Gasteiger partial charge in [-0.2, -0.15) is 13.9 Å². The molecule has 2 aliphatic rings. The number of nitrogens with zero attached hydrogens (tertiary/aromatic N) is 5. The number of aromatic nitrogens is 3. The third kappa shape index (κ3) is 3.48. The molecule has 0 unspecified atom stereocenters. The first-order chi connectivity index (χ1) is 15.3. The molecule has 0 bridgehead atoms. The Morgan fingerprint density at radius 1 is 1.36 bits per heavy atom. The van der Waals surface area contributed by atoms with Gasteiger partial charge in [0.1, 0.15) is 33.5 Å². The van der Waals surface area contributed by atoms with Crippen molar-refractivity contribution in [1.29, 1.82) is 0 Å². The summed E-state index contributed by atoms with van der Waals surface area (Å²) in [5.74, 6) is -1.68. The van der Waals surface area contributed by atoms with Crippen LogP contribution in [0.4, 0.5) is 19.0 Å². The molecular formula is C19H21ClF3N7O2S. The van der Waals surface area contributed by atoms with Gasteiger partial charge < -0.3 is 11.1 Å². The molecule has 0 spiro atoms. The Morgan fingerprint density at radius 3 is 2.70 bits per heavy atom. The van der Waals surface area contributed by atoms with E-state index in [2.05, 4.69) is 24.8 Å². The average molecular weight is 504 g/mol. The van der Waals surface area contributed by atoms with Gasteiger partial charge in [0.25, 0.3) is 5.91 Å². The van der Waals surface area contributed by atoms with Gasteiger partial charge in [0, 0.05) is 6.54 Å². The van der Waals surface area contributed by atoms with E-state index in [1.54, 1.807) is 20.8 Å². The maximum absolute atomic E-state index is 15.0. The fourth-order valence-electron chi connectivity index (χ4n) is 4.14. The van der Waals surface area contributed by atoms with E-state index in [0.29, 0.717) is 13.0 Å². The molecule has 2 aliphatic heterocycles. The van der Waals surface area contributed by atoms with Gasteiger partial charge in [-0.25, -0.2) is 22.6 Å². The van der Waals surface area contributed by atoms with Crippen LogP contribution in [0.1, 0.15) is 49.9 Å². The molecule has 14 heteroatoms. The highest BCUT2D eigenvalue weighted by atomic mass is 35.5. The van der Waals surface area contributed by atoms with Crippen molar-refractivity contribution < 1.29 is 22.2 Å². The molecule has 4 heterocycles. The van der Waals surface area contributed by atoms with Gasteiger partial charge in [0.05, 0.1) is 26.2 Å². The van der Waals surface area contributed by atoms with E-state index < -0.39 is 49.2 Å². The zero-order chi connectivity index (χ0) is 24.3. The number of hydrogen-bond acceptors (Lipinski definition) is 7. The van der Waals surface area contributed by atoms with E-state index in [4.69, 9.17) is 17.3 Å². The molecule has 0 saturated carbocycles. The molecule has 2 aromatic heterocycles. The Kier molecular flexibility index (Phi) is 5.47. The lowest BCUT2D eigenvalue weighted by Crippen LogP contribution is -2.58. The van der Waals surface area contributed by atoms with Crippen LogP contribution < -0.4 is 11.1 Å². The maximum atomic E-state index is 15.0. The molecule has 0 aromatic carbocycles. The van der Waals surface area contributed by atoms with Crippen molar-refractivity contribution in [1.82, 2.24) is 14.8 Å². The lowest BCUT2D eigenvalue weighted by molar-refractivity contribution is 0.0561. The summed E-state index contributed by atoms with van der Waals surface area (Å²) < 4.78 is 58.1. The third-order valence-corrected chi connectivity index (χ3v) is 10.0. The Bertz CT molecular complexity index is 1300. The second kappa shape index (κ2) is 7.69. The van der Waals surface area contributed by atoms with E-state index in [0.717, 1.165) is 12.3 Å². The number of fused-ring (bicyclic) bond motifs is 1. The van der Waals surface area contributed by atoms with E-state index in [-0.39, 0.29) is 27.1 Å². The molecule has 9 nitrogen and oxygen atoms in total. The van der Waals surface area contributed by atoms with Crippen LogP contribution in [0.5, 0.6) is 0 Å². The predicted octanol–water partition coefficient (Wildman–Crippen LogP) is 3.32. The fraction of sp³-hybridized carbons (Fsp3) is 0.474. The van der Waals surface area contributed by atoms with Gasteiger partial charge in [-0.05, 0) is 39.3 Å². The first kappa shape index (κ1) is 23.5. The van der Waals surface area contributed by atoms with E-state index in [9.17, 15) is 22.2 Å². The number of hydrogen-bond donors (Lipinski definition) is 2. The number of amides is 1. The van der Waals surface area contributed by atoms with Crippen LogP contribution in [0.15, 0.2) is 27.7 Å². The van der Waals surface area contributed by atoms with Gasteiger partial charge >= 0.3 is 6.55 Å². The highest BCUT2D eigenvalue weighted by Gasteiger charge is 2.57. The number of carbonyl (C=O) groups excluding carboxylic acids is 1. The normalized spacial score (nSPS) is 28.2. The quantitative estimate of drug-likeness (QED) is 0.661. The number of rotatable bonds is 4. The number of amidine groups is 1. The van der Waals surface area contributed by atoms with Crippen molar-refractivity contribution in [3.63, 3.8) is 0 Å². The molecule has 3 N–H and O–H groups in total. The van der Waals surface area contributed by atoms with Gasteiger partial charge in [-0.3, -0.25) is 9.79 Å². The van der Waals surface area contributed by atoms with E-state index in [1.807, 2.05) is 0 Å². The predicted molar refractivity (Wildman–Crippen MR) is 118 cm³/mol. The lowest BCUT2D eigenvalue weighted by atomic mass is 9.89. The van der Waals surface area contributed by atoms with Crippen LogP contribution in [0.25, 0.3) is 0 Å². The monoisotopic (exact) mass is 503 g/mol. The van der Waals surface area contributed by atoms with Gasteiger partial charge in [0.15, 0.2) is 5.69 Å². The summed E-state index contributed by atoms with van der Waals surface area (Å²) in [6.07, 6.45) is 1.21. The zero-order valence-electron chi connectivity index (χ0n) is 17.9. The number of anilines is 1. The van der Waals surface area contributed by atoms with Crippen LogP contribution in [-0.4, -0.2) is 47.3 Å². The minimum atomic E-state index is -2.98. The summed E-state index contributed by atoms with van der Waals surface area (Å²) in [4.78, 5) is 21.3. The molecule has 33 heavy (non-hydrogen) atoms. The SMILES string of the molecule is CC1(C)C(N)=N[C@](C)(c2nc(NC(=O)c3nn(C(F)F)cc3Cl)ccc2F)[C@@H]2CCN=[S@@]21=O. The van der Waals surface area contributed by atoms with Crippen LogP contribution in [0.3, 0.4) is 0 Å². The smallest absolute Gasteiger partial charge is 0.333 e. The Hall–Kier alpha value is -2.67. The molecule has 4 rings (SSSR count). The molecule has 3 atom stereocenters. The van der Waals surface area contributed by atoms with Crippen LogP contribution in [-0.2, 0) is 15.3 Å². The van der Waals surface area contributed by atoms with Crippen molar-refractivity contribution >= 4 is 38.9 Å². The van der Waals surface area contributed by atoms with Gasteiger partial charge in [0.2, 0.25) is 0 Å². The Morgan fingerprint density at radius 2 is 2.06 bits per heavy atom. The third-order valence-electron chi connectivity index (χ3n) is 6.06. The Labute approximate surface area is 192 Å². The summed E-state index contributed by atoms with van der Waals surface area (Å²) in [6.45, 7) is 2.30. The minimum absolute atomic E-state index is 0.0665. The van der Waals surface area contributed by atoms with Crippen molar-refractivity contribution in [3.05, 3.63) is 40.6 Å². The van der Waals surface area contributed by atoms with Gasteiger partial charge in [-0.15, -0.1) is 0 Å². The molecule has 2 aromatic rings. The molecule has 1 amide bonds. The largest absolute Gasteiger partial charge is 0.386 e. The zero-order valence-corrected chi connectivity index (χ0v) is 19.4. The van der Waals surface area contributed by atoms with Crippen LogP contribution >= 0.6 is 11.6 Å². The summed E-state index contributed by atoms with van der Waals surface area (Å²) in [5, 5.41) is 4.89. The number of pyridine rings is 1. The first-order valence-electron chi connectivity index (χ1n) is 9.89. The number of carbonyl (C=O) groups is 1. The summed E-state index contributed by atoms with van der Waals surface area (Å²) in [7, 11) is -2.91. The standard InChI is InChI=1S/C19H21ClF3N7O2S/c1-18(2)16(24)28-19(3,11-6-7-25-33(11,18)32)14-10(21)4-5-12(26-14)27-15(31)13-9(20)8-30(29-13)17(22)23/h4-5,8,11,17H,6-7H2,1-3H3,(H2,24,28)(H,26,27,31)/t11-,19-,33+/m0/s1. The van der Waals surface area contributed by atoms with Crippen molar-refractivity contribution in [2.24, 2.45) is 15.1 Å². The molecule has 178 valence electrons. The summed E-state index contributed by atoms with van der Waals surface area (Å²) >= 11 is 5.84. The summed E-state index contributed by atoms with van der Waals surface area (Å²) in [5.41, 5.74) is 4.14. The van der Waals surface area contributed by atoms with E-state index >= 15 is 0 Å². The second-order valence-corrected chi connectivity index (χ2v) is 11.8. The molecule has 0 aliphatic carbocycles.